The lowest BCUT2D eigenvalue weighted by Crippen LogP contribution is -2.32. The highest BCUT2D eigenvalue weighted by Crippen LogP contribution is 2.30. The van der Waals surface area contributed by atoms with E-state index in [-0.39, 0.29) is 6.04 Å². The molecule has 0 bridgehead atoms. The van der Waals surface area contributed by atoms with Crippen LogP contribution in [-0.4, -0.2) is 11.0 Å². The van der Waals surface area contributed by atoms with Crippen molar-refractivity contribution in [1.29, 1.82) is 0 Å². The van der Waals surface area contributed by atoms with Crippen LogP contribution in [0.1, 0.15) is 57.2 Å². The molecule has 16 heavy (non-hydrogen) atoms. The van der Waals surface area contributed by atoms with Gasteiger partial charge in [-0.3, -0.25) is 0 Å². The van der Waals surface area contributed by atoms with E-state index < -0.39 is 0 Å². The Bertz CT molecular complexity index is 330. The molecule has 1 aromatic rings. The van der Waals surface area contributed by atoms with Crippen LogP contribution >= 0.6 is 0 Å². The van der Waals surface area contributed by atoms with Gasteiger partial charge in [0.2, 0.25) is 5.89 Å². The molecule has 3 heteroatoms. The standard InChI is InChI=1S/C13H22N2O/c1-9(7-12-5-4-6-12)15-11(3)13-14-8-10(2)16-13/h8-9,11-12,15H,4-7H2,1-3H3. The van der Waals surface area contributed by atoms with Crippen molar-refractivity contribution in [2.24, 2.45) is 5.92 Å². The lowest BCUT2D eigenvalue weighted by Gasteiger charge is -2.29. The normalized spacial score (nSPS) is 20.4. The van der Waals surface area contributed by atoms with Crippen molar-refractivity contribution in [1.82, 2.24) is 10.3 Å². The highest BCUT2D eigenvalue weighted by molar-refractivity contribution is 4.95. The predicted octanol–water partition coefficient (Wildman–Crippen LogP) is 3.21. The molecular formula is C13H22N2O. The van der Waals surface area contributed by atoms with Crippen LogP contribution in [0, 0.1) is 12.8 Å². The fraction of sp³-hybridized carbons (Fsp3) is 0.769. The molecule has 1 saturated carbocycles. The van der Waals surface area contributed by atoms with Gasteiger partial charge in [-0.1, -0.05) is 19.3 Å². The first-order valence-electron chi connectivity index (χ1n) is 6.33. The first-order valence-corrected chi connectivity index (χ1v) is 6.33. The van der Waals surface area contributed by atoms with Crippen molar-refractivity contribution in [3.05, 3.63) is 17.8 Å². The maximum absolute atomic E-state index is 5.52. The summed E-state index contributed by atoms with van der Waals surface area (Å²) in [6, 6.07) is 0.760. The molecule has 0 aromatic carbocycles. The molecule has 0 saturated heterocycles. The van der Waals surface area contributed by atoms with Gasteiger partial charge < -0.3 is 9.73 Å². The third-order valence-electron chi connectivity index (χ3n) is 3.46. The van der Waals surface area contributed by atoms with Crippen LogP contribution in [0.5, 0.6) is 0 Å². The summed E-state index contributed by atoms with van der Waals surface area (Å²) < 4.78 is 5.52. The number of aromatic nitrogens is 1. The monoisotopic (exact) mass is 222 g/mol. The Kier molecular flexibility index (Phi) is 3.64. The van der Waals surface area contributed by atoms with Gasteiger partial charge in [0, 0.05) is 6.04 Å². The fourth-order valence-electron chi connectivity index (χ4n) is 2.37. The number of nitrogens with zero attached hydrogens (tertiary/aromatic N) is 1. The smallest absolute Gasteiger partial charge is 0.211 e. The molecular weight excluding hydrogens is 200 g/mol. The van der Waals surface area contributed by atoms with E-state index in [1.54, 1.807) is 6.20 Å². The summed E-state index contributed by atoms with van der Waals surface area (Å²) in [5.41, 5.74) is 0. The number of hydrogen-bond acceptors (Lipinski definition) is 3. The quantitative estimate of drug-likeness (QED) is 0.831. The zero-order valence-electron chi connectivity index (χ0n) is 10.5. The van der Waals surface area contributed by atoms with Gasteiger partial charge in [-0.25, -0.2) is 4.98 Å². The van der Waals surface area contributed by atoms with Gasteiger partial charge in [0.1, 0.15) is 5.76 Å². The van der Waals surface area contributed by atoms with Gasteiger partial charge in [-0.15, -0.1) is 0 Å². The zero-order valence-corrected chi connectivity index (χ0v) is 10.5. The van der Waals surface area contributed by atoms with E-state index in [0.717, 1.165) is 17.6 Å². The Morgan fingerprint density at radius 1 is 1.50 bits per heavy atom. The summed E-state index contributed by atoms with van der Waals surface area (Å²) in [6.07, 6.45) is 7.32. The summed E-state index contributed by atoms with van der Waals surface area (Å²) >= 11 is 0. The first-order chi connectivity index (χ1) is 7.65. The number of hydrogen-bond donors (Lipinski definition) is 1. The Labute approximate surface area is 97.6 Å². The summed E-state index contributed by atoms with van der Waals surface area (Å²) in [4.78, 5) is 4.25. The average Bonchev–Trinajstić information content (AvgIpc) is 2.58. The SMILES string of the molecule is Cc1cnc(C(C)NC(C)CC2CCC2)o1. The van der Waals surface area contributed by atoms with Crippen LogP contribution in [-0.2, 0) is 0 Å². The second-order valence-corrected chi connectivity index (χ2v) is 5.13. The molecule has 2 atom stereocenters. The van der Waals surface area contributed by atoms with Gasteiger partial charge in [0.05, 0.1) is 12.2 Å². The second-order valence-electron chi connectivity index (χ2n) is 5.13. The summed E-state index contributed by atoms with van der Waals surface area (Å²) in [6.45, 7) is 6.30. The topological polar surface area (TPSA) is 38.1 Å². The molecule has 90 valence electrons. The minimum Gasteiger partial charge on any atom is -0.444 e. The van der Waals surface area contributed by atoms with E-state index in [1.165, 1.54) is 25.7 Å². The molecule has 1 aliphatic carbocycles. The summed E-state index contributed by atoms with van der Waals surface area (Å²) in [5, 5.41) is 3.55. The molecule has 0 amide bonds. The number of oxazole rings is 1. The molecule has 0 radical (unpaired) electrons. The third-order valence-corrected chi connectivity index (χ3v) is 3.46. The highest BCUT2D eigenvalue weighted by Gasteiger charge is 2.21. The molecule has 1 aromatic heterocycles. The van der Waals surface area contributed by atoms with Gasteiger partial charge >= 0.3 is 0 Å². The van der Waals surface area contributed by atoms with E-state index in [0.29, 0.717) is 6.04 Å². The van der Waals surface area contributed by atoms with E-state index in [9.17, 15) is 0 Å². The second kappa shape index (κ2) is 5.00. The third kappa shape index (κ3) is 2.85. The lowest BCUT2D eigenvalue weighted by molar-refractivity contribution is 0.253. The van der Waals surface area contributed by atoms with Crippen LogP contribution in [0.15, 0.2) is 10.6 Å². The van der Waals surface area contributed by atoms with Gasteiger partial charge in [-0.2, -0.15) is 0 Å². The van der Waals surface area contributed by atoms with Crippen molar-refractivity contribution in [3.63, 3.8) is 0 Å². The van der Waals surface area contributed by atoms with Crippen LogP contribution in [0.3, 0.4) is 0 Å². The van der Waals surface area contributed by atoms with Crippen molar-refractivity contribution < 1.29 is 4.42 Å². The van der Waals surface area contributed by atoms with E-state index in [2.05, 4.69) is 24.1 Å². The van der Waals surface area contributed by atoms with Crippen LogP contribution in [0.25, 0.3) is 0 Å². The molecule has 1 aliphatic rings. The van der Waals surface area contributed by atoms with E-state index in [4.69, 9.17) is 4.42 Å². The fourth-order valence-corrected chi connectivity index (χ4v) is 2.37. The molecule has 1 N–H and O–H groups in total. The molecule has 0 spiro atoms. The summed E-state index contributed by atoms with van der Waals surface area (Å²) in [7, 11) is 0. The maximum atomic E-state index is 5.52. The van der Waals surface area contributed by atoms with E-state index in [1.807, 2.05) is 6.92 Å². The van der Waals surface area contributed by atoms with Crippen molar-refractivity contribution >= 4 is 0 Å². The molecule has 1 heterocycles. The molecule has 2 rings (SSSR count). The maximum Gasteiger partial charge on any atom is 0.211 e. The Hall–Kier alpha value is -0.830. The highest BCUT2D eigenvalue weighted by atomic mass is 16.4. The molecule has 1 fully saturated rings. The van der Waals surface area contributed by atoms with Gasteiger partial charge in [0.15, 0.2) is 0 Å². The summed E-state index contributed by atoms with van der Waals surface area (Å²) in [5.74, 6) is 2.63. The lowest BCUT2D eigenvalue weighted by atomic mass is 9.81. The zero-order chi connectivity index (χ0) is 11.5. The Morgan fingerprint density at radius 2 is 2.25 bits per heavy atom. The van der Waals surface area contributed by atoms with Crippen molar-refractivity contribution in [3.8, 4) is 0 Å². The number of rotatable bonds is 5. The molecule has 0 aliphatic heterocycles. The van der Waals surface area contributed by atoms with E-state index >= 15 is 0 Å². The van der Waals surface area contributed by atoms with Gasteiger partial charge in [-0.05, 0) is 33.1 Å². The number of nitrogens with one attached hydrogen (secondary N) is 1. The Morgan fingerprint density at radius 3 is 2.75 bits per heavy atom. The van der Waals surface area contributed by atoms with Crippen molar-refractivity contribution in [2.75, 3.05) is 0 Å². The largest absolute Gasteiger partial charge is 0.444 e. The number of aryl methyl sites for hydroxylation is 1. The minimum absolute atomic E-state index is 0.212. The van der Waals surface area contributed by atoms with Crippen LogP contribution in [0.4, 0.5) is 0 Å². The Balaban J connectivity index is 1.79. The minimum atomic E-state index is 0.212. The first kappa shape index (κ1) is 11.6. The van der Waals surface area contributed by atoms with Gasteiger partial charge in [0.25, 0.3) is 0 Å². The average molecular weight is 222 g/mol. The molecule has 2 unspecified atom stereocenters. The van der Waals surface area contributed by atoms with Crippen molar-refractivity contribution in [2.45, 2.75) is 58.5 Å². The molecule has 3 nitrogen and oxygen atoms in total. The predicted molar refractivity (Wildman–Crippen MR) is 64.2 cm³/mol. The van der Waals surface area contributed by atoms with Crippen LogP contribution < -0.4 is 5.32 Å². The van der Waals surface area contributed by atoms with Crippen LogP contribution in [0.2, 0.25) is 0 Å².